The van der Waals surface area contributed by atoms with Crippen molar-refractivity contribution in [2.45, 2.75) is 26.1 Å². The lowest BCUT2D eigenvalue weighted by Crippen LogP contribution is -3.16. The number of carbonyl (C=O) groups excluding carboxylic acids is 1. The molecular formula is C15H22NO3+. The Balaban J connectivity index is 1.74. The van der Waals surface area contributed by atoms with Crippen LogP contribution >= 0.6 is 0 Å². The average molecular weight is 264 g/mol. The molecule has 0 saturated carbocycles. The quantitative estimate of drug-likeness (QED) is 0.790. The second-order valence-corrected chi connectivity index (χ2v) is 5.20. The molecule has 0 amide bonds. The van der Waals surface area contributed by atoms with Crippen LogP contribution in [0.4, 0.5) is 0 Å². The van der Waals surface area contributed by atoms with E-state index in [0.717, 1.165) is 31.7 Å². The van der Waals surface area contributed by atoms with Gasteiger partial charge in [-0.1, -0.05) is 0 Å². The maximum Gasteiger partial charge on any atom is 0.150 e. The predicted molar refractivity (Wildman–Crippen MR) is 72.9 cm³/mol. The number of carbonyl (C=O) groups is 1. The van der Waals surface area contributed by atoms with Gasteiger partial charge in [0.15, 0.2) is 0 Å². The minimum Gasteiger partial charge on any atom is -0.488 e. The number of quaternary nitrogens is 1. The van der Waals surface area contributed by atoms with E-state index in [9.17, 15) is 4.79 Å². The van der Waals surface area contributed by atoms with Gasteiger partial charge < -0.3 is 14.4 Å². The van der Waals surface area contributed by atoms with E-state index in [1.165, 1.54) is 4.90 Å². The molecule has 4 nitrogen and oxygen atoms in total. The molecule has 104 valence electrons. The molecule has 1 aromatic carbocycles. The summed E-state index contributed by atoms with van der Waals surface area (Å²) in [5, 5.41) is 0. The van der Waals surface area contributed by atoms with Gasteiger partial charge in [0.1, 0.15) is 50.5 Å². The fourth-order valence-corrected chi connectivity index (χ4v) is 2.55. The van der Waals surface area contributed by atoms with Crippen LogP contribution in [0.2, 0.25) is 0 Å². The van der Waals surface area contributed by atoms with E-state index >= 15 is 0 Å². The lowest BCUT2D eigenvalue weighted by atomic mass is 10.2. The number of ether oxygens (including phenoxy) is 2. The van der Waals surface area contributed by atoms with E-state index in [-0.39, 0.29) is 0 Å². The number of benzene rings is 1. The molecule has 19 heavy (non-hydrogen) atoms. The zero-order chi connectivity index (χ0) is 13.7. The van der Waals surface area contributed by atoms with Crippen molar-refractivity contribution in [3.05, 3.63) is 29.8 Å². The van der Waals surface area contributed by atoms with Crippen LogP contribution in [-0.2, 0) is 4.74 Å². The van der Waals surface area contributed by atoms with Crippen molar-refractivity contribution in [1.29, 1.82) is 0 Å². The number of nitrogens with one attached hydrogen (secondary N) is 1. The van der Waals surface area contributed by atoms with Crippen molar-refractivity contribution in [2.24, 2.45) is 0 Å². The Morgan fingerprint density at radius 1 is 1.26 bits per heavy atom. The molecule has 0 aliphatic carbocycles. The standard InChI is InChI=1S/C15H21NO3/c1-12-9-16(10-13(2)19-12)7-8-18-15-5-3-14(11-17)4-6-15/h3-6,11-13H,7-10H2,1-2H3/p+1/t12-,13-/m1/s1. The van der Waals surface area contributed by atoms with Crippen LogP contribution < -0.4 is 9.64 Å². The summed E-state index contributed by atoms with van der Waals surface area (Å²) < 4.78 is 11.4. The summed E-state index contributed by atoms with van der Waals surface area (Å²) in [6, 6.07) is 7.22. The summed E-state index contributed by atoms with van der Waals surface area (Å²) in [7, 11) is 0. The van der Waals surface area contributed by atoms with Gasteiger partial charge in [-0.15, -0.1) is 0 Å². The highest BCUT2D eigenvalue weighted by Gasteiger charge is 2.25. The molecule has 1 saturated heterocycles. The predicted octanol–water partition coefficient (Wildman–Crippen LogP) is 0.570. The van der Waals surface area contributed by atoms with Gasteiger partial charge in [-0.2, -0.15) is 0 Å². The van der Waals surface area contributed by atoms with Gasteiger partial charge in [-0.3, -0.25) is 4.79 Å². The Labute approximate surface area is 114 Å². The summed E-state index contributed by atoms with van der Waals surface area (Å²) in [4.78, 5) is 12.1. The summed E-state index contributed by atoms with van der Waals surface area (Å²) >= 11 is 0. The number of aldehydes is 1. The highest BCUT2D eigenvalue weighted by Crippen LogP contribution is 2.10. The van der Waals surface area contributed by atoms with Crippen molar-refractivity contribution in [3.8, 4) is 5.75 Å². The monoisotopic (exact) mass is 264 g/mol. The average Bonchev–Trinajstić information content (AvgIpc) is 2.38. The number of rotatable bonds is 5. The van der Waals surface area contributed by atoms with E-state index in [1.807, 2.05) is 12.1 Å². The molecule has 0 spiro atoms. The van der Waals surface area contributed by atoms with Crippen LogP contribution in [0, 0.1) is 0 Å². The summed E-state index contributed by atoms with van der Waals surface area (Å²) in [5.74, 6) is 0.819. The van der Waals surface area contributed by atoms with Crippen LogP contribution in [0.5, 0.6) is 5.75 Å². The van der Waals surface area contributed by atoms with Crippen molar-refractivity contribution in [2.75, 3.05) is 26.2 Å². The third-order valence-electron chi connectivity index (χ3n) is 3.36. The summed E-state index contributed by atoms with van der Waals surface area (Å²) in [5.41, 5.74) is 0.675. The van der Waals surface area contributed by atoms with Gasteiger partial charge >= 0.3 is 0 Å². The second kappa shape index (κ2) is 6.68. The first-order valence-electron chi connectivity index (χ1n) is 6.84. The van der Waals surface area contributed by atoms with Gasteiger partial charge in [0.05, 0.1) is 0 Å². The molecule has 1 aliphatic heterocycles. The third kappa shape index (κ3) is 4.33. The normalized spacial score (nSPS) is 26.9. The molecular weight excluding hydrogens is 242 g/mol. The first-order valence-corrected chi connectivity index (χ1v) is 6.84. The highest BCUT2D eigenvalue weighted by molar-refractivity contribution is 5.74. The smallest absolute Gasteiger partial charge is 0.150 e. The SMILES string of the molecule is C[C@@H]1C[NH+](CCOc2ccc(C=O)cc2)C[C@@H](C)O1. The molecule has 0 bridgehead atoms. The number of morpholine rings is 1. The minimum atomic E-state index is 0.325. The molecule has 1 aliphatic rings. The Kier molecular flexibility index (Phi) is 4.93. The van der Waals surface area contributed by atoms with Gasteiger partial charge in [0, 0.05) is 5.56 Å². The van der Waals surface area contributed by atoms with E-state index < -0.39 is 0 Å². The number of hydrogen-bond donors (Lipinski definition) is 1. The maximum atomic E-state index is 10.5. The van der Waals surface area contributed by atoms with Crippen molar-refractivity contribution in [1.82, 2.24) is 0 Å². The van der Waals surface area contributed by atoms with Gasteiger partial charge in [-0.05, 0) is 38.1 Å². The zero-order valence-electron chi connectivity index (χ0n) is 11.6. The van der Waals surface area contributed by atoms with Crippen LogP contribution in [0.3, 0.4) is 0 Å². The molecule has 1 fully saturated rings. The van der Waals surface area contributed by atoms with Crippen molar-refractivity contribution in [3.63, 3.8) is 0 Å². The third-order valence-corrected chi connectivity index (χ3v) is 3.36. The van der Waals surface area contributed by atoms with Crippen LogP contribution in [0.1, 0.15) is 24.2 Å². The fourth-order valence-electron chi connectivity index (χ4n) is 2.55. The Morgan fingerprint density at radius 3 is 2.47 bits per heavy atom. The van der Waals surface area contributed by atoms with E-state index in [2.05, 4.69) is 13.8 Å². The van der Waals surface area contributed by atoms with Crippen LogP contribution in [0.25, 0.3) is 0 Å². The van der Waals surface area contributed by atoms with Crippen LogP contribution in [0.15, 0.2) is 24.3 Å². The highest BCUT2D eigenvalue weighted by atomic mass is 16.5. The Bertz CT molecular complexity index is 394. The zero-order valence-corrected chi connectivity index (χ0v) is 11.6. The second-order valence-electron chi connectivity index (χ2n) is 5.20. The molecule has 1 aromatic rings. The molecule has 1 N–H and O–H groups in total. The molecule has 0 unspecified atom stereocenters. The topological polar surface area (TPSA) is 40.0 Å². The van der Waals surface area contributed by atoms with Gasteiger partial charge in [-0.25, -0.2) is 0 Å². The molecule has 1 heterocycles. The number of hydrogen-bond acceptors (Lipinski definition) is 3. The lowest BCUT2D eigenvalue weighted by Gasteiger charge is -2.32. The van der Waals surface area contributed by atoms with Gasteiger partial charge in [0.25, 0.3) is 0 Å². The molecule has 2 rings (SSSR count). The lowest BCUT2D eigenvalue weighted by molar-refractivity contribution is -0.915. The van der Waals surface area contributed by atoms with Crippen molar-refractivity contribution < 1.29 is 19.2 Å². The molecule has 0 aromatic heterocycles. The molecule has 0 radical (unpaired) electrons. The fraction of sp³-hybridized carbons (Fsp3) is 0.533. The minimum absolute atomic E-state index is 0.325. The molecule has 2 atom stereocenters. The maximum absolute atomic E-state index is 10.5. The molecule has 4 heteroatoms. The van der Waals surface area contributed by atoms with E-state index in [0.29, 0.717) is 24.4 Å². The first kappa shape index (κ1) is 14.0. The van der Waals surface area contributed by atoms with Gasteiger partial charge in [0.2, 0.25) is 0 Å². The Morgan fingerprint density at radius 2 is 1.89 bits per heavy atom. The first-order chi connectivity index (χ1) is 9.17. The summed E-state index contributed by atoms with van der Waals surface area (Å²) in [6.45, 7) is 7.99. The van der Waals surface area contributed by atoms with E-state index in [1.54, 1.807) is 12.1 Å². The van der Waals surface area contributed by atoms with E-state index in [4.69, 9.17) is 9.47 Å². The Hall–Kier alpha value is -1.39. The largest absolute Gasteiger partial charge is 0.488 e. The summed E-state index contributed by atoms with van der Waals surface area (Å²) in [6.07, 6.45) is 1.49. The van der Waals surface area contributed by atoms with Crippen molar-refractivity contribution >= 4 is 6.29 Å². The van der Waals surface area contributed by atoms with Crippen LogP contribution in [-0.4, -0.2) is 44.7 Å².